The normalized spacial score (nSPS) is 11.1. The summed E-state index contributed by atoms with van der Waals surface area (Å²) in [6.45, 7) is 0.339. The van der Waals surface area contributed by atoms with Crippen molar-refractivity contribution >= 4 is 34.3 Å². The SMILES string of the molecule is COC(=O)c1ccc2c(=O)n(CCc3ccc(OC)c(OC)c3)c(SCc3cc(=O)n4ccccc4n3)nc2c1. The van der Waals surface area contributed by atoms with Gasteiger partial charge < -0.3 is 14.2 Å². The van der Waals surface area contributed by atoms with Crippen LogP contribution in [0.15, 0.2) is 81.6 Å². The maximum absolute atomic E-state index is 13.7. The maximum atomic E-state index is 13.7. The van der Waals surface area contributed by atoms with Crippen molar-refractivity contribution in [2.75, 3.05) is 21.3 Å². The maximum Gasteiger partial charge on any atom is 0.337 e. The van der Waals surface area contributed by atoms with Crippen LogP contribution in [0.4, 0.5) is 0 Å². The zero-order valence-corrected chi connectivity index (χ0v) is 22.9. The lowest BCUT2D eigenvalue weighted by molar-refractivity contribution is 0.0601. The fourth-order valence-electron chi connectivity index (χ4n) is 4.35. The molecule has 0 saturated heterocycles. The molecule has 5 rings (SSSR count). The molecule has 40 heavy (non-hydrogen) atoms. The first-order valence-electron chi connectivity index (χ1n) is 12.4. The molecular formula is C29H26N4O6S. The van der Waals surface area contributed by atoms with Crippen LogP contribution in [-0.2, 0) is 23.5 Å². The Labute approximate surface area is 233 Å². The van der Waals surface area contributed by atoms with Gasteiger partial charge in [0, 0.05) is 24.6 Å². The largest absolute Gasteiger partial charge is 0.493 e. The molecular weight excluding hydrogens is 532 g/mol. The van der Waals surface area contributed by atoms with Gasteiger partial charge in [0.25, 0.3) is 11.1 Å². The molecule has 5 aromatic rings. The summed E-state index contributed by atoms with van der Waals surface area (Å²) >= 11 is 1.30. The van der Waals surface area contributed by atoms with Crippen LogP contribution in [0.25, 0.3) is 16.6 Å². The highest BCUT2D eigenvalue weighted by atomic mass is 32.2. The molecule has 3 aromatic heterocycles. The zero-order chi connectivity index (χ0) is 28.2. The summed E-state index contributed by atoms with van der Waals surface area (Å²) in [5.41, 5.74) is 2.29. The Morgan fingerprint density at radius 1 is 0.925 bits per heavy atom. The molecule has 2 aromatic carbocycles. The molecule has 0 radical (unpaired) electrons. The van der Waals surface area contributed by atoms with Gasteiger partial charge in [-0.3, -0.25) is 18.6 Å². The third-order valence-corrected chi connectivity index (χ3v) is 7.40. The number of carbonyl (C=O) groups is 1. The number of esters is 1. The van der Waals surface area contributed by atoms with Crippen LogP contribution in [0.3, 0.4) is 0 Å². The van der Waals surface area contributed by atoms with Crippen molar-refractivity contribution in [2.24, 2.45) is 0 Å². The number of aryl methyl sites for hydroxylation is 1. The second kappa shape index (κ2) is 11.6. The molecule has 0 bridgehead atoms. The monoisotopic (exact) mass is 558 g/mol. The molecule has 11 heteroatoms. The quantitative estimate of drug-likeness (QED) is 0.152. The molecule has 204 valence electrons. The van der Waals surface area contributed by atoms with Gasteiger partial charge in [0.2, 0.25) is 0 Å². The summed E-state index contributed by atoms with van der Waals surface area (Å²) in [5.74, 6) is 1.01. The number of carbonyl (C=O) groups excluding carboxylic acids is 1. The Bertz CT molecular complexity index is 1850. The van der Waals surface area contributed by atoms with E-state index in [1.165, 1.54) is 29.3 Å². The highest BCUT2D eigenvalue weighted by Crippen LogP contribution is 2.28. The highest BCUT2D eigenvalue weighted by Gasteiger charge is 2.16. The molecule has 10 nitrogen and oxygen atoms in total. The van der Waals surface area contributed by atoms with Gasteiger partial charge in [-0.05, 0) is 54.4 Å². The van der Waals surface area contributed by atoms with Crippen molar-refractivity contribution in [1.82, 2.24) is 18.9 Å². The fourth-order valence-corrected chi connectivity index (χ4v) is 5.26. The first kappa shape index (κ1) is 26.9. The van der Waals surface area contributed by atoms with Crippen molar-refractivity contribution in [3.8, 4) is 11.5 Å². The number of benzene rings is 2. The average molecular weight is 559 g/mol. The Hall–Kier alpha value is -4.64. The van der Waals surface area contributed by atoms with Crippen LogP contribution < -0.4 is 20.6 Å². The smallest absolute Gasteiger partial charge is 0.337 e. The highest BCUT2D eigenvalue weighted by molar-refractivity contribution is 7.98. The first-order valence-corrected chi connectivity index (χ1v) is 13.3. The fraction of sp³-hybridized carbons (Fsp3) is 0.207. The number of pyridine rings is 1. The van der Waals surface area contributed by atoms with Crippen LogP contribution in [0, 0.1) is 0 Å². The van der Waals surface area contributed by atoms with Gasteiger partial charge in [-0.15, -0.1) is 0 Å². The summed E-state index contributed by atoms with van der Waals surface area (Å²) in [5, 5.41) is 0.821. The van der Waals surface area contributed by atoms with Gasteiger partial charge in [0.15, 0.2) is 16.7 Å². The molecule has 0 aliphatic carbocycles. The Morgan fingerprint density at radius 3 is 2.52 bits per heavy atom. The Morgan fingerprint density at radius 2 is 1.75 bits per heavy atom. The van der Waals surface area contributed by atoms with Crippen LogP contribution in [0.5, 0.6) is 11.5 Å². The van der Waals surface area contributed by atoms with E-state index in [0.717, 1.165) is 5.56 Å². The predicted octanol–water partition coefficient (Wildman–Crippen LogP) is 3.74. The van der Waals surface area contributed by atoms with Gasteiger partial charge in [-0.2, -0.15) is 0 Å². The molecule has 0 atom stereocenters. The van der Waals surface area contributed by atoms with E-state index < -0.39 is 5.97 Å². The number of nitrogens with zero attached hydrogens (tertiary/aromatic N) is 4. The van der Waals surface area contributed by atoms with Crippen molar-refractivity contribution in [3.05, 3.63) is 104 Å². The van der Waals surface area contributed by atoms with Crippen molar-refractivity contribution in [1.29, 1.82) is 0 Å². The zero-order valence-electron chi connectivity index (χ0n) is 22.1. The Kier molecular flexibility index (Phi) is 7.83. The van der Waals surface area contributed by atoms with E-state index in [1.54, 1.807) is 55.3 Å². The number of hydrogen-bond acceptors (Lipinski definition) is 9. The molecule has 0 unspecified atom stereocenters. The van der Waals surface area contributed by atoms with Crippen LogP contribution >= 0.6 is 11.8 Å². The summed E-state index contributed by atoms with van der Waals surface area (Å²) in [4.78, 5) is 47.7. The van der Waals surface area contributed by atoms with Crippen molar-refractivity contribution < 1.29 is 19.0 Å². The lowest BCUT2D eigenvalue weighted by Gasteiger charge is -2.14. The standard InChI is InChI=1S/C29H26N4O6S/c1-37-23-10-7-18(14-24(23)38-2)11-13-33-27(35)21-9-8-19(28(36)39-3)15-22(21)31-29(33)40-17-20-16-26(34)32-12-5-4-6-25(32)30-20/h4-10,12,14-16H,11,13,17H2,1-3H3. The summed E-state index contributed by atoms with van der Waals surface area (Å²) in [6.07, 6.45) is 2.19. The second-order valence-corrected chi connectivity index (χ2v) is 9.76. The van der Waals surface area contributed by atoms with Gasteiger partial charge >= 0.3 is 5.97 Å². The Balaban J connectivity index is 1.52. The van der Waals surface area contributed by atoms with Crippen LogP contribution in [0.1, 0.15) is 21.6 Å². The topological polar surface area (TPSA) is 114 Å². The van der Waals surface area contributed by atoms with Crippen LogP contribution in [-0.4, -0.2) is 46.2 Å². The van der Waals surface area contributed by atoms with E-state index in [1.807, 2.05) is 24.3 Å². The predicted molar refractivity (Wildman–Crippen MR) is 152 cm³/mol. The summed E-state index contributed by atoms with van der Waals surface area (Å²) in [7, 11) is 4.45. The van der Waals surface area contributed by atoms with E-state index >= 15 is 0 Å². The minimum atomic E-state index is -0.517. The molecule has 0 fully saturated rings. The summed E-state index contributed by atoms with van der Waals surface area (Å²) < 4.78 is 18.7. The van der Waals surface area contributed by atoms with E-state index in [2.05, 4.69) is 4.98 Å². The number of ether oxygens (including phenoxy) is 3. The first-order chi connectivity index (χ1) is 19.4. The van der Waals surface area contributed by atoms with Crippen molar-refractivity contribution in [2.45, 2.75) is 23.9 Å². The number of hydrogen-bond donors (Lipinski definition) is 0. The number of methoxy groups -OCH3 is 3. The number of fused-ring (bicyclic) bond motifs is 2. The van der Waals surface area contributed by atoms with Gasteiger partial charge in [0.05, 0.1) is 43.5 Å². The van der Waals surface area contributed by atoms with Gasteiger partial charge in [0.1, 0.15) is 5.65 Å². The third kappa shape index (κ3) is 5.41. The lowest BCUT2D eigenvalue weighted by atomic mass is 10.1. The molecule has 0 spiro atoms. The minimum absolute atomic E-state index is 0.193. The van der Waals surface area contributed by atoms with Crippen molar-refractivity contribution in [3.63, 3.8) is 0 Å². The molecule has 0 amide bonds. The molecule has 0 aliphatic heterocycles. The van der Waals surface area contributed by atoms with E-state index in [9.17, 15) is 14.4 Å². The molecule has 0 aliphatic rings. The summed E-state index contributed by atoms with van der Waals surface area (Å²) in [6, 6.07) is 17.1. The van der Waals surface area contributed by atoms with E-state index in [-0.39, 0.29) is 11.1 Å². The minimum Gasteiger partial charge on any atom is -0.493 e. The molecule has 0 saturated carbocycles. The van der Waals surface area contributed by atoms with Gasteiger partial charge in [-0.25, -0.2) is 14.8 Å². The lowest BCUT2D eigenvalue weighted by Crippen LogP contribution is -2.24. The second-order valence-electron chi connectivity index (χ2n) is 8.82. The van der Waals surface area contributed by atoms with Crippen LogP contribution in [0.2, 0.25) is 0 Å². The number of thioether (sulfide) groups is 1. The number of aromatic nitrogens is 4. The number of rotatable bonds is 9. The van der Waals surface area contributed by atoms with E-state index in [4.69, 9.17) is 19.2 Å². The molecule has 0 N–H and O–H groups in total. The third-order valence-electron chi connectivity index (χ3n) is 6.39. The average Bonchev–Trinajstić information content (AvgIpc) is 2.98. The van der Waals surface area contributed by atoms with Gasteiger partial charge in [-0.1, -0.05) is 23.9 Å². The van der Waals surface area contributed by atoms with E-state index in [0.29, 0.717) is 63.2 Å². The molecule has 3 heterocycles.